The van der Waals surface area contributed by atoms with E-state index in [1.807, 2.05) is 17.0 Å². The first-order valence-electron chi connectivity index (χ1n) is 13.1. The molecular formula is C30H31N5O3S. The highest BCUT2D eigenvalue weighted by Gasteiger charge is 2.39. The van der Waals surface area contributed by atoms with Crippen LogP contribution in [0.2, 0.25) is 0 Å². The van der Waals surface area contributed by atoms with Gasteiger partial charge in [0.15, 0.2) is 5.03 Å². The molecule has 1 unspecified atom stereocenters. The van der Waals surface area contributed by atoms with Crippen molar-refractivity contribution in [3.05, 3.63) is 89.6 Å². The predicted molar refractivity (Wildman–Crippen MR) is 152 cm³/mol. The lowest BCUT2D eigenvalue weighted by molar-refractivity contribution is 0.0981. The van der Waals surface area contributed by atoms with Gasteiger partial charge in [-0.15, -0.1) is 0 Å². The molecule has 1 fully saturated rings. The van der Waals surface area contributed by atoms with Crippen LogP contribution in [0.15, 0.2) is 78.0 Å². The second kappa shape index (κ2) is 9.34. The number of aromatic nitrogens is 2. The van der Waals surface area contributed by atoms with Gasteiger partial charge in [-0.1, -0.05) is 49.4 Å². The van der Waals surface area contributed by atoms with Crippen LogP contribution in [0.5, 0.6) is 0 Å². The third-order valence-corrected chi connectivity index (χ3v) is 8.93. The van der Waals surface area contributed by atoms with E-state index in [1.54, 1.807) is 30.5 Å². The van der Waals surface area contributed by atoms with E-state index < -0.39 is 15.9 Å². The topological polar surface area (TPSA) is 95.5 Å². The quantitative estimate of drug-likeness (QED) is 0.384. The van der Waals surface area contributed by atoms with Crippen LogP contribution in [0.25, 0.3) is 10.8 Å². The number of benzene rings is 2. The van der Waals surface area contributed by atoms with Crippen LogP contribution in [0, 0.1) is 5.92 Å². The van der Waals surface area contributed by atoms with Crippen LogP contribution in [-0.4, -0.2) is 36.4 Å². The van der Waals surface area contributed by atoms with Gasteiger partial charge in [-0.3, -0.25) is 4.79 Å². The molecule has 1 atom stereocenters. The Bertz CT molecular complexity index is 1660. The summed E-state index contributed by atoms with van der Waals surface area (Å²) in [5.74, 6) is 0.732. The molecule has 0 saturated carbocycles. The molecule has 200 valence electrons. The van der Waals surface area contributed by atoms with Gasteiger partial charge in [-0.05, 0) is 72.4 Å². The average molecular weight is 542 g/mol. The van der Waals surface area contributed by atoms with E-state index in [9.17, 15) is 13.2 Å². The Morgan fingerprint density at radius 1 is 0.974 bits per heavy atom. The molecule has 39 heavy (non-hydrogen) atoms. The summed E-state index contributed by atoms with van der Waals surface area (Å²) in [6.45, 7) is 8.35. The Morgan fingerprint density at radius 2 is 1.67 bits per heavy atom. The van der Waals surface area contributed by atoms with Gasteiger partial charge in [-0.25, -0.2) is 14.7 Å². The first-order chi connectivity index (χ1) is 18.6. The summed E-state index contributed by atoms with van der Waals surface area (Å²) in [5.41, 5.74) is 2.36. The lowest BCUT2D eigenvalue weighted by atomic mass is 9.95. The Balaban J connectivity index is 1.26. The van der Waals surface area contributed by atoms with Crippen molar-refractivity contribution in [1.29, 1.82) is 0 Å². The van der Waals surface area contributed by atoms with Gasteiger partial charge in [0.25, 0.3) is 15.9 Å². The Morgan fingerprint density at radius 3 is 2.33 bits per heavy atom. The molecule has 1 amide bonds. The monoisotopic (exact) mass is 541 g/mol. The lowest BCUT2D eigenvalue weighted by Crippen LogP contribution is -2.41. The van der Waals surface area contributed by atoms with Crippen molar-refractivity contribution < 1.29 is 13.2 Å². The van der Waals surface area contributed by atoms with Gasteiger partial charge in [0.2, 0.25) is 0 Å². The summed E-state index contributed by atoms with van der Waals surface area (Å²) >= 11 is 0. The Kier molecular flexibility index (Phi) is 6.06. The highest BCUT2D eigenvalue weighted by molar-refractivity contribution is 7.90. The summed E-state index contributed by atoms with van der Waals surface area (Å²) in [4.78, 5) is 26.4. The molecule has 8 nitrogen and oxygen atoms in total. The van der Waals surface area contributed by atoms with Crippen LogP contribution < -0.4 is 14.5 Å². The summed E-state index contributed by atoms with van der Waals surface area (Å²) in [6.07, 6.45) is 2.58. The maximum absolute atomic E-state index is 13.4. The van der Waals surface area contributed by atoms with E-state index in [0.29, 0.717) is 30.6 Å². The highest BCUT2D eigenvalue weighted by atomic mass is 32.2. The molecule has 9 heteroatoms. The SMILES string of the molecule is CC1CN(c2ncccc2C(=O)NS(=O)(=O)c2cccc(N3Cc4cccc5cccc(c45)C3)n2)C(C)(C)C1. The van der Waals surface area contributed by atoms with E-state index >= 15 is 0 Å². The summed E-state index contributed by atoms with van der Waals surface area (Å²) < 4.78 is 29.0. The van der Waals surface area contributed by atoms with Crippen molar-refractivity contribution in [1.82, 2.24) is 14.7 Å². The molecule has 0 spiro atoms. The molecule has 2 aliphatic rings. The predicted octanol–water partition coefficient (Wildman–Crippen LogP) is 4.89. The molecule has 4 aromatic rings. The first-order valence-corrected chi connectivity index (χ1v) is 14.6. The molecule has 0 aliphatic carbocycles. The van der Waals surface area contributed by atoms with Crippen molar-refractivity contribution in [3.63, 3.8) is 0 Å². The number of sulfonamides is 1. The van der Waals surface area contributed by atoms with Crippen LogP contribution in [-0.2, 0) is 23.1 Å². The Labute approximate surface area is 228 Å². The molecule has 6 rings (SSSR count). The van der Waals surface area contributed by atoms with Crippen molar-refractivity contribution >= 4 is 38.3 Å². The molecule has 0 radical (unpaired) electrons. The number of anilines is 2. The minimum absolute atomic E-state index is 0.199. The fourth-order valence-corrected chi connectivity index (χ4v) is 7.03. The fraction of sp³-hybridized carbons (Fsp3) is 0.300. The van der Waals surface area contributed by atoms with Crippen molar-refractivity contribution in [2.75, 3.05) is 16.3 Å². The lowest BCUT2D eigenvalue weighted by Gasteiger charge is -2.33. The molecule has 1 N–H and O–H groups in total. The number of carbonyl (C=O) groups excluding carboxylic acids is 1. The molecule has 0 bridgehead atoms. The summed E-state index contributed by atoms with van der Waals surface area (Å²) in [6, 6.07) is 20.6. The molecule has 2 aromatic carbocycles. The smallest absolute Gasteiger partial charge is 0.281 e. The van der Waals surface area contributed by atoms with Gasteiger partial charge in [-0.2, -0.15) is 8.42 Å². The average Bonchev–Trinajstić information content (AvgIpc) is 3.20. The highest BCUT2D eigenvalue weighted by Crippen LogP contribution is 2.37. The minimum atomic E-state index is -4.23. The molecule has 1 saturated heterocycles. The first kappa shape index (κ1) is 25.3. The Hall–Kier alpha value is -3.98. The van der Waals surface area contributed by atoms with Gasteiger partial charge < -0.3 is 9.80 Å². The van der Waals surface area contributed by atoms with Crippen molar-refractivity contribution in [2.45, 2.75) is 50.8 Å². The maximum atomic E-state index is 13.4. The number of hydrogen-bond donors (Lipinski definition) is 1. The molecule has 4 heterocycles. The van der Waals surface area contributed by atoms with Gasteiger partial charge in [0, 0.05) is 31.4 Å². The third kappa shape index (κ3) is 4.61. The van der Waals surface area contributed by atoms with Crippen LogP contribution >= 0.6 is 0 Å². The van der Waals surface area contributed by atoms with E-state index in [1.165, 1.54) is 28.0 Å². The fourth-order valence-electron chi connectivity index (χ4n) is 6.10. The van der Waals surface area contributed by atoms with Gasteiger partial charge >= 0.3 is 0 Å². The number of amides is 1. The number of carbonyl (C=O) groups is 1. The molecule has 2 aliphatic heterocycles. The second-order valence-corrected chi connectivity index (χ2v) is 12.8. The second-order valence-electron chi connectivity index (χ2n) is 11.2. The van der Waals surface area contributed by atoms with Crippen LogP contribution in [0.1, 0.15) is 48.7 Å². The van der Waals surface area contributed by atoms with Gasteiger partial charge in [0.05, 0.1) is 5.56 Å². The zero-order valence-corrected chi connectivity index (χ0v) is 23.1. The molecular weight excluding hydrogens is 510 g/mol. The van der Waals surface area contributed by atoms with Gasteiger partial charge in [0.1, 0.15) is 11.6 Å². The van der Waals surface area contributed by atoms with E-state index in [-0.39, 0.29) is 16.1 Å². The number of nitrogens with one attached hydrogen (secondary N) is 1. The largest absolute Gasteiger partial charge is 0.351 e. The van der Waals surface area contributed by atoms with E-state index in [2.05, 4.69) is 64.6 Å². The number of rotatable bonds is 5. The van der Waals surface area contributed by atoms with Crippen LogP contribution in [0.4, 0.5) is 11.6 Å². The summed E-state index contributed by atoms with van der Waals surface area (Å²) in [5, 5.41) is 2.24. The van der Waals surface area contributed by atoms with Crippen molar-refractivity contribution in [2.24, 2.45) is 5.92 Å². The minimum Gasteiger partial charge on any atom is -0.351 e. The zero-order chi connectivity index (χ0) is 27.4. The standard InChI is InChI=1S/C30H31N5O3S/c1-20-16-30(2,3)35(17-20)28-24(12-7-15-31-28)29(36)33-39(37,38)26-14-6-13-25(32-26)34-18-22-10-4-8-21-9-5-11-23(19-34)27(21)22/h4-15,20H,16-19H2,1-3H3,(H,33,36). The van der Waals surface area contributed by atoms with E-state index in [0.717, 1.165) is 13.0 Å². The number of pyridine rings is 2. The van der Waals surface area contributed by atoms with Crippen molar-refractivity contribution in [3.8, 4) is 0 Å². The maximum Gasteiger partial charge on any atom is 0.281 e. The third-order valence-electron chi connectivity index (χ3n) is 7.69. The number of nitrogens with zero attached hydrogens (tertiary/aromatic N) is 4. The summed E-state index contributed by atoms with van der Waals surface area (Å²) in [7, 11) is -4.23. The zero-order valence-electron chi connectivity index (χ0n) is 22.3. The molecule has 2 aromatic heterocycles. The number of hydrogen-bond acceptors (Lipinski definition) is 7. The normalized spacial score (nSPS) is 18.4. The van der Waals surface area contributed by atoms with Crippen LogP contribution in [0.3, 0.4) is 0 Å². The van der Waals surface area contributed by atoms with E-state index in [4.69, 9.17) is 0 Å².